The summed E-state index contributed by atoms with van der Waals surface area (Å²) in [7, 11) is 0. The summed E-state index contributed by atoms with van der Waals surface area (Å²) in [6.45, 7) is 3.58. The van der Waals surface area contributed by atoms with Crippen molar-refractivity contribution in [2.24, 2.45) is 11.8 Å². The topological polar surface area (TPSA) is 119 Å². The van der Waals surface area contributed by atoms with Crippen LogP contribution < -0.4 is 10.6 Å². The van der Waals surface area contributed by atoms with E-state index in [-0.39, 0.29) is 35.1 Å². The molecular weight excluding hydrogens is 537 g/mol. The fraction of sp³-hybridized carbons (Fsp3) is 0.364. The Kier molecular flexibility index (Phi) is 8.99. The van der Waals surface area contributed by atoms with Crippen molar-refractivity contribution < 1.29 is 29.0 Å². The van der Waals surface area contributed by atoms with Crippen LogP contribution in [0.1, 0.15) is 50.6 Å². The third-order valence-corrected chi connectivity index (χ3v) is 8.77. The predicted molar refractivity (Wildman–Crippen MR) is 156 cm³/mol. The van der Waals surface area contributed by atoms with Crippen LogP contribution in [0, 0.1) is 24.6 Å². The van der Waals surface area contributed by atoms with Crippen LogP contribution >= 0.6 is 0 Å². The van der Waals surface area contributed by atoms with Crippen LogP contribution in [0.3, 0.4) is 0 Å². The van der Waals surface area contributed by atoms with Gasteiger partial charge in [-0.15, -0.1) is 0 Å². The van der Waals surface area contributed by atoms with Crippen LogP contribution in [-0.2, 0) is 4.79 Å². The molecule has 4 N–H and O–H groups in total. The summed E-state index contributed by atoms with van der Waals surface area (Å²) < 4.78 is 15.0. The summed E-state index contributed by atoms with van der Waals surface area (Å²) >= 11 is 0. The van der Waals surface area contributed by atoms with Gasteiger partial charge < -0.3 is 20.8 Å². The molecule has 2 saturated heterocycles. The number of ketones is 2. The molecule has 220 valence electrons. The zero-order chi connectivity index (χ0) is 29.8. The SMILES string of the molecule is Cc1c(F)cccc1C1[C@@H](C(=O)c2cccc(O)c2)CN([C@H]2CNC(CCNC=O)C2)C[C@H]1C(=O)c1cccc(O)c1. The Morgan fingerprint density at radius 3 is 2.14 bits per heavy atom. The summed E-state index contributed by atoms with van der Waals surface area (Å²) in [5.41, 5.74) is 1.65. The largest absolute Gasteiger partial charge is 0.508 e. The predicted octanol–water partition coefficient (Wildman–Crippen LogP) is 3.81. The van der Waals surface area contributed by atoms with Gasteiger partial charge >= 0.3 is 0 Å². The second-order valence-electron chi connectivity index (χ2n) is 11.3. The van der Waals surface area contributed by atoms with E-state index >= 15 is 0 Å². The Balaban J connectivity index is 1.57. The first-order chi connectivity index (χ1) is 20.3. The average Bonchev–Trinajstić information content (AvgIpc) is 3.46. The lowest BCUT2D eigenvalue weighted by Gasteiger charge is -2.45. The van der Waals surface area contributed by atoms with Crippen molar-refractivity contribution in [3.8, 4) is 11.5 Å². The minimum absolute atomic E-state index is 0.0360. The number of carbonyl (C=O) groups is 3. The van der Waals surface area contributed by atoms with Crippen molar-refractivity contribution in [1.29, 1.82) is 0 Å². The Labute approximate surface area is 244 Å². The van der Waals surface area contributed by atoms with Gasteiger partial charge in [0, 0.05) is 67.1 Å². The molecule has 2 aliphatic heterocycles. The van der Waals surface area contributed by atoms with E-state index in [1.807, 2.05) is 0 Å². The zero-order valence-corrected chi connectivity index (χ0v) is 23.5. The van der Waals surface area contributed by atoms with Gasteiger partial charge in [-0.2, -0.15) is 0 Å². The molecule has 0 spiro atoms. The standard InChI is InChI=1S/C33H36FN3O5/c1-20-27(9-4-10-30(20)34)31-28(32(41)21-5-2-7-25(39)13-21)17-37(24-15-23(36-16-24)11-12-35-19-38)18-29(31)33(42)22-6-3-8-26(40)14-22/h2-10,13-14,19,23-24,28-29,31,36,39-40H,11-12,15-18H2,1H3,(H,35,38)/t23?,24-,28-,29+,31?/m1/s1. The van der Waals surface area contributed by atoms with Crippen molar-refractivity contribution in [2.75, 3.05) is 26.2 Å². The zero-order valence-electron chi connectivity index (χ0n) is 23.5. The van der Waals surface area contributed by atoms with Gasteiger partial charge in [0.25, 0.3) is 0 Å². The lowest BCUT2D eigenvalue weighted by molar-refractivity contribution is -0.109. The van der Waals surface area contributed by atoms with E-state index < -0.39 is 23.6 Å². The van der Waals surface area contributed by atoms with E-state index in [1.165, 1.54) is 30.3 Å². The van der Waals surface area contributed by atoms with Gasteiger partial charge in [0.15, 0.2) is 11.6 Å². The van der Waals surface area contributed by atoms with Gasteiger partial charge in [0.05, 0.1) is 0 Å². The number of hydrogen-bond donors (Lipinski definition) is 4. The number of piperidine rings is 1. The van der Waals surface area contributed by atoms with Crippen LogP contribution in [-0.4, -0.2) is 71.4 Å². The minimum atomic E-state index is -0.705. The highest BCUT2D eigenvalue weighted by atomic mass is 19.1. The molecule has 0 radical (unpaired) electrons. The van der Waals surface area contributed by atoms with Crippen molar-refractivity contribution >= 4 is 18.0 Å². The molecule has 3 aromatic carbocycles. The van der Waals surface area contributed by atoms with Gasteiger partial charge in [0.2, 0.25) is 6.41 Å². The van der Waals surface area contributed by atoms with E-state index in [0.717, 1.165) is 12.8 Å². The molecule has 0 aromatic heterocycles. The summed E-state index contributed by atoms with van der Waals surface area (Å²) in [6.07, 6.45) is 2.22. The maximum Gasteiger partial charge on any atom is 0.207 e. The molecule has 0 bridgehead atoms. The van der Waals surface area contributed by atoms with Crippen molar-refractivity contribution in [2.45, 2.75) is 37.8 Å². The molecule has 2 aliphatic rings. The molecule has 5 atom stereocenters. The molecule has 2 fully saturated rings. The quantitative estimate of drug-likeness (QED) is 0.166. The van der Waals surface area contributed by atoms with Crippen molar-refractivity contribution in [1.82, 2.24) is 15.5 Å². The molecule has 3 aromatic rings. The minimum Gasteiger partial charge on any atom is -0.508 e. The third-order valence-electron chi connectivity index (χ3n) is 8.77. The molecular formula is C33H36FN3O5. The average molecular weight is 574 g/mol. The second kappa shape index (κ2) is 12.8. The third kappa shape index (κ3) is 6.22. The van der Waals surface area contributed by atoms with Crippen LogP contribution in [0.4, 0.5) is 4.39 Å². The Hall–Kier alpha value is -4.08. The monoisotopic (exact) mass is 573 g/mol. The lowest BCUT2D eigenvalue weighted by atomic mass is 9.67. The number of nitrogens with zero attached hydrogens (tertiary/aromatic N) is 1. The summed E-state index contributed by atoms with van der Waals surface area (Å²) in [5, 5.41) is 26.5. The summed E-state index contributed by atoms with van der Waals surface area (Å²) in [6, 6.07) is 17.3. The first-order valence-corrected chi connectivity index (χ1v) is 14.3. The van der Waals surface area contributed by atoms with Gasteiger partial charge in [0.1, 0.15) is 17.3 Å². The Morgan fingerprint density at radius 1 is 0.976 bits per heavy atom. The molecule has 42 heavy (non-hydrogen) atoms. The number of amides is 1. The molecule has 5 rings (SSSR count). The van der Waals surface area contributed by atoms with Crippen LogP contribution in [0.15, 0.2) is 66.7 Å². The number of aromatic hydroxyl groups is 2. The van der Waals surface area contributed by atoms with E-state index in [2.05, 4.69) is 15.5 Å². The van der Waals surface area contributed by atoms with Crippen LogP contribution in [0.25, 0.3) is 0 Å². The molecule has 2 unspecified atom stereocenters. The van der Waals surface area contributed by atoms with E-state index in [9.17, 15) is 29.0 Å². The fourth-order valence-corrected chi connectivity index (χ4v) is 6.66. The van der Waals surface area contributed by atoms with E-state index in [1.54, 1.807) is 43.3 Å². The first-order valence-electron chi connectivity index (χ1n) is 14.3. The number of likely N-dealkylation sites (tertiary alicyclic amines) is 1. The number of benzene rings is 3. The van der Waals surface area contributed by atoms with Gasteiger partial charge in [-0.25, -0.2) is 4.39 Å². The van der Waals surface area contributed by atoms with Gasteiger partial charge in [-0.1, -0.05) is 36.4 Å². The molecule has 9 heteroatoms. The highest BCUT2D eigenvalue weighted by molar-refractivity contribution is 6.02. The second-order valence-corrected chi connectivity index (χ2v) is 11.3. The maximum atomic E-state index is 15.0. The molecule has 2 heterocycles. The number of halogens is 1. The number of carbonyl (C=O) groups excluding carboxylic acids is 3. The molecule has 8 nitrogen and oxygen atoms in total. The molecule has 1 amide bonds. The summed E-state index contributed by atoms with van der Waals surface area (Å²) in [5.74, 6) is -2.98. The highest BCUT2D eigenvalue weighted by Crippen LogP contribution is 2.43. The van der Waals surface area contributed by atoms with Crippen LogP contribution in [0.2, 0.25) is 0 Å². The highest BCUT2D eigenvalue weighted by Gasteiger charge is 2.47. The first kappa shape index (κ1) is 29.4. The number of Topliss-reactive ketones (excluding diaryl/α,β-unsaturated/α-hetero) is 2. The number of phenols is 2. The number of nitrogens with one attached hydrogen (secondary N) is 2. The summed E-state index contributed by atoms with van der Waals surface area (Å²) in [4.78, 5) is 41.4. The lowest BCUT2D eigenvalue weighted by Crippen LogP contribution is -2.54. The van der Waals surface area contributed by atoms with Crippen LogP contribution in [0.5, 0.6) is 11.5 Å². The smallest absolute Gasteiger partial charge is 0.207 e. The molecule has 0 aliphatic carbocycles. The number of rotatable bonds is 10. The number of phenolic OH excluding ortho intramolecular Hbond substituents is 2. The maximum absolute atomic E-state index is 15.0. The van der Waals surface area contributed by atoms with E-state index in [0.29, 0.717) is 54.8 Å². The Morgan fingerprint density at radius 2 is 1.57 bits per heavy atom. The molecule has 0 saturated carbocycles. The van der Waals surface area contributed by atoms with Gasteiger partial charge in [-0.05, 0) is 61.2 Å². The number of hydrogen-bond acceptors (Lipinski definition) is 7. The van der Waals surface area contributed by atoms with Gasteiger partial charge in [-0.3, -0.25) is 19.3 Å². The van der Waals surface area contributed by atoms with E-state index in [4.69, 9.17) is 0 Å². The fourth-order valence-electron chi connectivity index (χ4n) is 6.66. The Bertz CT molecular complexity index is 1400. The van der Waals surface area contributed by atoms with Crippen molar-refractivity contribution in [3.05, 3.63) is 94.8 Å². The van der Waals surface area contributed by atoms with Crippen molar-refractivity contribution in [3.63, 3.8) is 0 Å². The normalized spacial score (nSPS) is 24.3.